The molecule has 1 aromatic carbocycles. The molecular weight excluding hydrogens is 292 g/mol. The van der Waals surface area contributed by atoms with Gasteiger partial charge in [-0.15, -0.1) is 0 Å². The lowest BCUT2D eigenvalue weighted by Crippen LogP contribution is -2.17. The topological polar surface area (TPSA) is 37.8 Å². The molecule has 2 aromatic rings. The number of benzene rings is 1. The Bertz CT molecular complexity index is 569. The van der Waals surface area contributed by atoms with Crippen LogP contribution in [0.25, 0.3) is 11.3 Å². The van der Waals surface area contributed by atoms with Crippen LogP contribution in [-0.2, 0) is 6.54 Å². The van der Waals surface area contributed by atoms with Crippen LogP contribution in [0, 0.1) is 5.92 Å². The first kappa shape index (κ1) is 13.1. The fourth-order valence-corrected chi connectivity index (χ4v) is 2.33. The zero-order chi connectivity index (χ0) is 13.1. The van der Waals surface area contributed by atoms with Crippen molar-refractivity contribution in [3.05, 3.63) is 45.2 Å². The summed E-state index contributed by atoms with van der Waals surface area (Å²) in [6.07, 6.45) is 0.987. The maximum absolute atomic E-state index is 12.1. The summed E-state index contributed by atoms with van der Waals surface area (Å²) in [4.78, 5) is 12.1. The average Bonchev–Trinajstić information content (AvgIpc) is 2.65. The van der Waals surface area contributed by atoms with Crippen molar-refractivity contribution in [2.45, 2.75) is 26.8 Å². The minimum Gasteiger partial charge on any atom is -0.294 e. The largest absolute Gasteiger partial charge is 0.294 e. The van der Waals surface area contributed by atoms with Crippen LogP contribution in [0.5, 0.6) is 0 Å². The van der Waals surface area contributed by atoms with E-state index in [1.807, 2.05) is 30.3 Å². The second kappa shape index (κ2) is 5.57. The fourth-order valence-electron chi connectivity index (χ4n) is 1.80. The summed E-state index contributed by atoms with van der Waals surface area (Å²) < 4.78 is 2.28. The quantitative estimate of drug-likeness (QED) is 0.919. The van der Waals surface area contributed by atoms with Crippen LogP contribution in [-0.4, -0.2) is 9.78 Å². The highest BCUT2D eigenvalue weighted by Gasteiger charge is 2.12. The number of aromatic amines is 1. The van der Waals surface area contributed by atoms with Gasteiger partial charge in [0, 0.05) is 12.1 Å². The molecule has 1 heterocycles. The lowest BCUT2D eigenvalue weighted by atomic mass is 10.1. The summed E-state index contributed by atoms with van der Waals surface area (Å²) >= 11 is 3.38. The Hall–Kier alpha value is -1.29. The van der Waals surface area contributed by atoms with Gasteiger partial charge in [0.2, 0.25) is 0 Å². The molecule has 1 N–H and O–H groups in total. The van der Waals surface area contributed by atoms with E-state index in [0.717, 1.165) is 24.2 Å². The van der Waals surface area contributed by atoms with Gasteiger partial charge in [0.1, 0.15) is 4.47 Å². The Labute approximate surface area is 115 Å². The maximum Gasteiger partial charge on any atom is 0.281 e. The average molecular weight is 309 g/mol. The third kappa shape index (κ3) is 2.75. The first-order valence-corrected chi connectivity index (χ1v) is 6.92. The summed E-state index contributed by atoms with van der Waals surface area (Å²) in [6.45, 7) is 5.03. The van der Waals surface area contributed by atoms with Crippen LogP contribution in [0.2, 0.25) is 0 Å². The predicted molar refractivity (Wildman–Crippen MR) is 77.6 cm³/mol. The lowest BCUT2D eigenvalue weighted by molar-refractivity contribution is 0.479. The second-order valence-electron chi connectivity index (χ2n) is 4.81. The third-order valence-electron chi connectivity index (χ3n) is 2.89. The number of hydrogen-bond acceptors (Lipinski definition) is 1. The number of aromatic nitrogens is 2. The molecule has 2 rings (SSSR count). The highest BCUT2D eigenvalue weighted by atomic mass is 79.9. The monoisotopic (exact) mass is 308 g/mol. The molecule has 96 valence electrons. The van der Waals surface area contributed by atoms with Crippen molar-refractivity contribution in [1.82, 2.24) is 9.78 Å². The van der Waals surface area contributed by atoms with Gasteiger partial charge in [-0.25, -0.2) is 0 Å². The molecule has 0 amide bonds. The number of halogens is 1. The van der Waals surface area contributed by atoms with Crippen molar-refractivity contribution < 1.29 is 0 Å². The molecule has 0 aliphatic carbocycles. The van der Waals surface area contributed by atoms with Crippen LogP contribution >= 0.6 is 15.9 Å². The Morgan fingerprint density at radius 1 is 1.28 bits per heavy atom. The fraction of sp³-hybridized carbons (Fsp3) is 0.357. The van der Waals surface area contributed by atoms with Crippen LogP contribution < -0.4 is 5.56 Å². The van der Waals surface area contributed by atoms with Gasteiger partial charge >= 0.3 is 0 Å². The number of nitrogens with one attached hydrogen (secondary N) is 1. The normalized spacial score (nSPS) is 11.1. The van der Waals surface area contributed by atoms with Crippen molar-refractivity contribution >= 4 is 15.9 Å². The molecule has 0 spiro atoms. The van der Waals surface area contributed by atoms with Crippen LogP contribution in [0.1, 0.15) is 20.3 Å². The van der Waals surface area contributed by atoms with Gasteiger partial charge in [0.25, 0.3) is 5.56 Å². The third-order valence-corrected chi connectivity index (χ3v) is 3.63. The molecule has 18 heavy (non-hydrogen) atoms. The molecule has 0 fully saturated rings. The van der Waals surface area contributed by atoms with Gasteiger partial charge in [0.15, 0.2) is 0 Å². The van der Waals surface area contributed by atoms with E-state index >= 15 is 0 Å². The summed E-state index contributed by atoms with van der Waals surface area (Å²) in [5, 5.41) is 3.18. The van der Waals surface area contributed by atoms with Gasteiger partial charge in [-0.3, -0.25) is 14.6 Å². The zero-order valence-corrected chi connectivity index (χ0v) is 12.2. The van der Waals surface area contributed by atoms with Crippen LogP contribution in [0.4, 0.5) is 0 Å². The standard InChI is InChI=1S/C14H17BrN2O/c1-10(2)8-9-17-14(18)12(15)13(16-17)11-6-4-3-5-7-11/h3-7,10,16H,8-9H2,1-2H3. The van der Waals surface area contributed by atoms with E-state index in [2.05, 4.69) is 34.9 Å². The van der Waals surface area contributed by atoms with E-state index < -0.39 is 0 Å². The van der Waals surface area contributed by atoms with E-state index in [1.165, 1.54) is 0 Å². The molecule has 0 bridgehead atoms. The molecule has 0 saturated heterocycles. The SMILES string of the molecule is CC(C)CCn1[nH]c(-c2ccccc2)c(Br)c1=O. The Morgan fingerprint density at radius 3 is 2.56 bits per heavy atom. The van der Waals surface area contributed by atoms with Crippen molar-refractivity contribution in [1.29, 1.82) is 0 Å². The highest BCUT2D eigenvalue weighted by Crippen LogP contribution is 2.23. The summed E-state index contributed by atoms with van der Waals surface area (Å²) in [7, 11) is 0. The molecule has 0 unspecified atom stereocenters. The highest BCUT2D eigenvalue weighted by molar-refractivity contribution is 9.10. The van der Waals surface area contributed by atoms with E-state index in [-0.39, 0.29) is 5.56 Å². The molecule has 1 aromatic heterocycles. The van der Waals surface area contributed by atoms with Crippen molar-refractivity contribution in [3.63, 3.8) is 0 Å². The first-order chi connectivity index (χ1) is 8.59. The smallest absolute Gasteiger partial charge is 0.281 e. The molecule has 0 aliphatic heterocycles. The number of H-pyrrole nitrogens is 1. The van der Waals surface area contributed by atoms with Crippen LogP contribution in [0.3, 0.4) is 0 Å². The first-order valence-electron chi connectivity index (χ1n) is 6.13. The van der Waals surface area contributed by atoms with E-state index in [0.29, 0.717) is 10.4 Å². The Kier molecular flexibility index (Phi) is 4.07. The van der Waals surface area contributed by atoms with Crippen molar-refractivity contribution in [3.8, 4) is 11.3 Å². The summed E-state index contributed by atoms with van der Waals surface area (Å²) in [5.74, 6) is 0.583. The molecule has 4 heteroatoms. The second-order valence-corrected chi connectivity index (χ2v) is 5.60. The number of aryl methyl sites for hydroxylation is 1. The van der Waals surface area contributed by atoms with Crippen molar-refractivity contribution in [2.24, 2.45) is 5.92 Å². The predicted octanol–water partition coefficient (Wildman–Crippen LogP) is 3.65. The Balaban J connectivity index is 2.34. The van der Waals surface area contributed by atoms with Gasteiger partial charge < -0.3 is 0 Å². The minimum absolute atomic E-state index is 0.00880. The minimum atomic E-state index is 0.00880. The van der Waals surface area contributed by atoms with Gasteiger partial charge in [-0.05, 0) is 28.3 Å². The van der Waals surface area contributed by atoms with E-state index in [4.69, 9.17) is 0 Å². The molecular formula is C14H17BrN2O. The maximum atomic E-state index is 12.1. The zero-order valence-electron chi connectivity index (χ0n) is 10.6. The van der Waals surface area contributed by atoms with E-state index in [9.17, 15) is 4.79 Å². The van der Waals surface area contributed by atoms with Crippen molar-refractivity contribution in [2.75, 3.05) is 0 Å². The number of rotatable bonds is 4. The van der Waals surface area contributed by atoms with Gasteiger partial charge in [-0.1, -0.05) is 44.2 Å². The van der Waals surface area contributed by atoms with Gasteiger partial charge in [0.05, 0.1) is 5.69 Å². The summed E-state index contributed by atoms with van der Waals surface area (Å²) in [5.41, 5.74) is 1.88. The lowest BCUT2D eigenvalue weighted by Gasteiger charge is -2.04. The van der Waals surface area contributed by atoms with Gasteiger partial charge in [-0.2, -0.15) is 0 Å². The van der Waals surface area contributed by atoms with Crippen LogP contribution in [0.15, 0.2) is 39.6 Å². The number of nitrogens with zero attached hydrogens (tertiary/aromatic N) is 1. The molecule has 0 radical (unpaired) electrons. The molecule has 0 saturated carbocycles. The molecule has 0 aliphatic rings. The van der Waals surface area contributed by atoms with E-state index in [1.54, 1.807) is 4.68 Å². The summed E-state index contributed by atoms with van der Waals surface area (Å²) in [6, 6.07) is 9.87. The number of hydrogen-bond donors (Lipinski definition) is 1. The molecule has 0 atom stereocenters. The Morgan fingerprint density at radius 2 is 1.94 bits per heavy atom. The molecule has 3 nitrogen and oxygen atoms in total.